The molecule has 0 saturated carbocycles. The van der Waals surface area contributed by atoms with Gasteiger partial charge >= 0.3 is 0 Å². The Labute approximate surface area is 188 Å². The normalized spacial score (nSPS) is 27.6. The number of fused-ring (bicyclic) bond motifs is 1. The van der Waals surface area contributed by atoms with Gasteiger partial charge in [0.1, 0.15) is 24.1 Å². The van der Waals surface area contributed by atoms with E-state index in [4.69, 9.17) is 35.9 Å². The van der Waals surface area contributed by atoms with Gasteiger partial charge < -0.3 is 34.3 Å². The highest BCUT2D eigenvalue weighted by Gasteiger charge is 2.57. The van der Waals surface area contributed by atoms with E-state index in [9.17, 15) is 4.39 Å². The van der Waals surface area contributed by atoms with Crippen molar-refractivity contribution in [2.45, 2.75) is 77.0 Å². The fourth-order valence-electron chi connectivity index (χ4n) is 3.72. The quantitative estimate of drug-likeness (QED) is 0.409. The molecule has 1 aromatic carbocycles. The number of hydrogen-bond donors (Lipinski definition) is 2. The highest BCUT2D eigenvalue weighted by atomic mass is 32.1. The smallest absolute Gasteiger partial charge is 0.189 e. The summed E-state index contributed by atoms with van der Waals surface area (Å²) in [6.45, 7) is 9.46. The molecule has 0 bridgehead atoms. The van der Waals surface area contributed by atoms with Gasteiger partial charge in [-0.3, -0.25) is 0 Å². The Morgan fingerprint density at radius 3 is 2.55 bits per heavy atom. The molecule has 0 aliphatic carbocycles. The largest absolute Gasteiger partial charge is 0.379 e. The lowest BCUT2D eigenvalue weighted by atomic mass is 10.0. The average Bonchev–Trinajstić information content (AvgIpc) is 3.19. The van der Waals surface area contributed by atoms with Crippen LogP contribution < -0.4 is 10.6 Å². The summed E-state index contributed by atoms with van der Waals surface area (Å²) >= 11 is 5.52. The fraction of sp³-hybridized carbons (Fsp3) is 0.682. The van der Waals surface area contributed by atoms with Crippen LogP contribution in [0.4, 0.5) is 10.1 Å². The molecule has 0 aromatic heterocycles. The summed E-state index contributed by atoms with van der Waals surface area (Å²) in [5, 5.41) is 6.77. The Bertz CT molecular complexity index is 720. The second kappa shape index (κ2) is 11.0. The molecule has 2 N–H and O–H groups in total. The van der Waals surface area contributed by atoms with Crippen LogP contribution in [0.1, 0.15) is 40.5 Å². The molecule has 174 valence electrons. The van der Waals surface area contributed by atoms with Gasteiger partial charge in [-0.25, -0.2) is 4.39 Å². The van der Waals surface area contributed by atoms with Crippen LogP contribution in [-0.4, -0.2) is 61.4 Å². The summed E-state index contributed by atoms with van der Waals surface area (Å²) in [4.78, 5) is 0. The molecule has 2 aliphatic rings. The van der Waals surface area contributed by atoms with Crippen LogP contribution in [0, 0.1) is 5.82 Å². The van der Waals surface area contributed by atoms with Gasteiger partial charge in [0.05, 0.1) is 12.6 Å². The predicted octanol–water partition coefficient (Wildman–Crippen LogP) is 3.58. The van der Waals surface area contributed by atoms with Crippen LogP contribution in [0.2, 0.25) is 0 Å². The van der Waals surface area contributed by atoms with Crippen molar-refractivity contribution < 1.29 is 28.1 Å². The Kier molecular flexibility index (Phi) is 8.60. The maximum atomic E-state index is 13.2. The van der Waals surface area contributed by atoms with Gasteiger partial charge in [0.25, 0.3) is 0 Å². The number of benzene rings is 1. The molecule has 2 fully saturated rings. The van der Waals surface area contributed by atoms with Gasteiger partial charge in [-0.1, -0.05) is 13.8 Å². The van der Waals surface area contributed by atoms with Gasteiger partial charge in [0.2, 0.25) is 0 Å². The van der Waals surface area contributed by atoms with E-state index in [0.717, 1.165) is 12.8 Å². The van der Waals surface area contributed by atoms with Crippen LogP contribution in [-0.2, 0) is 23.7 Å². The van der Waals surface area contributed by atoms with Gasteiger partial charge in [0.15, 0.2) is 17.2 Å². The summed E-state index contributed by atoms with van der Waals surface area (Å²) in [5.41, 5.74) is 0.680. The topological polar surface area (TPSA) is 70.2 Å². The Morgan fingerprint density at radius 2 is 1.87 bits per heavy atom. The van der Waals surface area contributed by atoms with E-state index in [1.54, 1.807) is 12.1 Å². The predicted molar refractivity (Wildman–Crippen MR) is 119 cm³/mol. The van der Waals surface area contributed by atoms with E-state index in [-0.39, 0.29) is 30.2 Å². The third kappa shape index (κ3) is 6.57. The van der Waals surface area contributed by atoms with Crippen LogP contribution in [0.5, 0.6) is 0 Å². The molecule has 3 rings (SSSR count). The molecule has 5 atom stereocenters. The molecular formula is C22H33FN2O5S. The minimum atomic E-state index is -0.759. The average molecular weight is 457 g/mol. The Hall–Kier alpha value is -1.36. The first kappa shape index (κ1) is 24.3. The Morgan fingerprint density at radius 1 is 1.16 bits per heavy atom. The van der Waals surface area contributed by atoms with Crippen molar-refractivity contribution in [3.63, 3.8) is 0 Å². The molecule has 9 heteroatoms. The van der Waals surface area contributed by atoms with Crippen molar-refractivity contribution >= 4 is 23.0 Å². The number of hydrogen-bond acceptors (Lipinski definition) is 6. The van der Waals surface area contributed by atoms with Crippen LogP contribution in [0.15, 0.2) is 24.3 Å². The first-order valence-corrected chi connectivity index (χ1v) is 11.3. The van der Waals surface area contributed by atoms with E-state index >= 15 is 0 Å². The zero-order valence-electron chi connectivity index (χ0n) is 18.6. The molecule has 0 amide bonds. The third-order valence-corrected chi connectivity index (χ3v) is 5.24. The second-order valence-corrected chi connectivity index (χ2v) is 8.59. The first-order chi connectivity index (χ1) is 14.8. The van der Waals surface area contributed by atoms with E-state index in [1.165, 1.54) is 12.1 Å². The molecule has 0 radical (unpaired) electrons. The number of ether oxygens (including phenoxy) is 5. The Balaban J connectivity index is 1.73. The third-order valence-electron chi connectivity index (χ3n) is 5.02. The standard InChI is InChI=1S/C22H33FN2O5S/c1-5-11-26-13-16(27-12-6-2)18-17(19-20(28-18)30-22(3,4)29-19)25-21(31)24-15-9-7-14(23)8-10-15/h7-10,16-20H,5-6,11-13H2,1-4H3,(H2,24,25,31)/t16-,17+,18-,19-,20-/m1/s1. The van der Waals surface area contributed by atoms with E-state index in [2.05, 4.69) is 24.5 Å². The first-order valence-electron chi connectivity index (χ1n) is 10.9. The van der Waals surface area contributed by atoms with Crippen molar-refractivity contribution in [1.29, 1.82) is 0 Å². The van der Waals surface area contributed by atoms with Gasteiger partial charge in [-0.15, -0.1) is 0 Å². The molecule has 7 nitrogen and oxygen atoms in total. The van der Waals surface area contributed by atoms with Gasteiger partial charge in [-0.05, 0) is 63.2 Å². The molecule has 2 aliphatic heterocycles. The molecule has 2 saturated heterocycles. The zero-order valence-corrected chi connectivity index (χ0v) is 19.4. The summed E-state index contributed by atoms with van der Waals surface area (Å²) in [5.74, 6) is -1.07. The van der Waals surface area contributed by atoms with Gasteiger partial charge in [0, 0.05) is 18.9 Å². The summed E-state index contributed by atoms with van der Waals surface area (Å²) in [6, 6.07) is 5.67. The summed E-state index contributed by atoms with van der Waals surface area (Å²) in [6.07, 6.45) is 0.204. The van der Waals surface area contributed by atoms with Crippen molar-refractivity contribution in [2.75, 3.05) is 25.1 Å². The van der Waals surface area contributed by atoms with Crippen molar-refractivity contribution in [2.24, 2.45) is 0 Å². The van der Waals surface area contributed by atoms with Crippen LogP contribution >= 0.6 is 12.2 Å². The van der Waals surface area contributed by atoms with Crippen LogP contribution in [0.3, 0.4) is 0 Å². The lowest BCUT2D eigenvalue weighted by Gasteiger charge is -2.32. The molecule has 1 aromatic rings. The van der Waals surface area contributed by atoms with Crippen LogP contribution in [0.25, 0.3) is 0 Å². The number of rotatable bonds is 10. The summed E-state index contributed by atoms with van der Waals surface area (Å²) < 4.78 is 43.3. The van der Waals surface area contributed by atoms with Gasteiger partial charge in [-0.2, -0.15) is 0 Å². The van der Waals surface area contributed by atoms with E-state index < -0.39 is 12.1 Å². The monoisotopic (exact) mass is 456 g/mol. The van der Waals surface area contributed by atoms with Crippen molar-refractivity contribution in [3.05, 3.63) is 30.1 Å². The zero-order chi connectivity index (χ0) is 22.4. The lowest BCUT2D eigenvalue weighted by Crippen LogP contribution is -2.54. The molecule has 2 heterocycles. The lowest BCUT2D eigenvalue weighted by molar-refractivity contribution is -0.222. The minimum absolute atomic E-state index is 0.307. The number of anilines is 1. The highest BCUT2D eigenvalue weighted by molar-refractivity contribution is 7.80. The van der Waals surface area contributed by atoms with E-state index in [0.29, 0.717) is 30.6 Å². The maximum Gasteiger partial charge on any atom is 0.189 e. The fourth-order valence-corrected chi connectivity index (χ4v) is 3.97. The number of halogens is 1. The highest BCUT2D eigenvalue weighted by Crippen LogP contribution is 2.39. The van der Waals surface area contributed by atoms with E-state index in [1.807, 2.05) is 13.8 Å². The number of nitrogens with one attached hydrogen (secondary N) is 2. The molecular weight excluding hydrogens is 423 g/mol. The molecule has 0 spiro atoms. The second-order valence-electron chi connectivity index (χ2n) is 8.18. The summed E-state index contributed by atoms with van der Waals surface area (Å²) in [7, 11) is 0. The molecule has 0 unspecified atom stereocenters. The SMILES string of the molecule is CCCOC[C@@H](OCCC)[C@H]1O[C@@H]2OC(C)(C)O[C@@H]2[C@H]1NC(=S)Nc1ccc(F)cc1. The van der Waals surface area contributed by atoms with Crippen molar-refractivity contribution in [1.82, 2.24) is 5.32 Å². The minimum Gasteiger partial charge on any atom is -0.379 e. The number of thiocarbonyl (C=S) groups is 1. The maximum absolute atomic E-state index is 13.2. The van der Waals surface area contributed by atoms with Crippen molar-refractivity contribution in [3.8, 4) is 0 Å². The molecule has 31 heavy (non-hydrogen) atoms.